The SMILES string of the molecule is CC1(C)C(C(F)(F)F)CCN1CCCCC(=O)O. The molecule has 0 bridgehead atoms. The van der Waals surface area contributed by atoms with Gasteiger partial charge in [-0.1, -0.05) is 0 Å². The molecule has 106 valence electrons. The lowest BCUT2D eigenvalue weighted by molar-refractivity contribution is -0.191. The average Bonchev–Trinajstić information content (AvgIpc) is 2.47. The molecular formula is C12H20F3NO2. The fourth-order valence-electron chi connectivity index (χ4n) is 2.69. The number of carbonyl (C=O) groups is 1. The van der Waals surface area contributed by atoms with Gasteiger partial charge < -0.3 is 5.11 Å². The molecule has 1 atom stereocenters. The maximum absolute atomic E-state index is 12.8. The van der Waals surface area contributed by atoms with E-state index in [0.29, 0.717) is 25.9 Å². The van der Waals surface area contributed by atoms with Crippen molar-refractivity contribution in [1.29, 1.82) is 0 Å². The molecule has 18 heavy (non-hydrogen) atoms. The van der Waals surface area contributed by atoms with Crippen LogP contribution in [-0.4, -0.2) is 40.8 Å². The molecular weight excluding hydrogens is 247 g/mol. The van der Waals surface area contributed by atoms with E-state index in [1.54, 1.807) is 13.8 Å². The zero-order valence-electron chi connectivity index (χ0n) is 10.8. The lowest BCUT2D eigenvalue weighted by Crippen LogP contribution is -2.47. The van der Waals surface area contributed by atoms with Crippen LogP contribution in [0.1, 0.15) is 39.5 Å². The first kappa shape index (κ1) is 15.3. The van der Waals surface area contributed by atoms with Crippen LogP contribution in [0, 0.1) is 5.92 Å². The van der Waals surface area contributed by atoms with Gasteiger partial charge in [0.05, 0.1) is 5.92 Å². The number of alkyl halides is 3. The Labute approximate surface area is 105 Å². The van der Waals surface area contributed by atoms with E-state index in [1.807, 2.05) is 4.90 Å². The zero-order valence-corrected chi connectivity index (χ0v) is 10.8. The molecule has 1 heterocycles. The van der Waals surface area contributed by atoms with E-state index < -0.39 is 23.6 Å². The minimum atomic E-state index is -4.15. The first-order valence-corrected chi connectivity index (χ1v) is 6.19. The van der Waals surface area contributed by atoms with Gasteiger partial charge in [0.25, 0.3) is 0 Å². The summed E-state index contributed by atoms with van der Waals surface area (Å²) in [6.07, 6.45) is -2.80. The number of halogens is 3. The second-order valence-corrected chi connectivity index (χ2v) is 5.37. The lowest BCUT2D eigenvalue weighted by atomic mass is 9.88. The lowest BCUT2D eigenvalue weighted by Gasteiger charge is -2.36. The van der Waals surface area contributed by atoms with E-state index in [4.69, 9.17) is 5.11 Å². The maximum atomic E-state index is 12.8. The summed E-state index contributed by atoms with van der Waals surface area (Å²) in [7, 11) is 0. The second-order valence-electron chi connectivity index (χ2n) is 5.37. The predicted molar refractivity (Wildman–Crippen MR) is 61.3 cm³/mol. The number of rotatable bonds is 5. The highest BCUT2D eigenvalue weighted by Crippen LogP contribution is 2.44. The molecule has 1 aliphatic heterocycles. The van der Waals surface area contributed by atoms with Gasteiger partial charge in [-0.15, -0.1) is 0 Å². The molecule has 6 heteroatoms. The van der Waals surface area contributed by atoms with Crippen LogP contribution in [0.2, 0.25) is 0 Å². The van der Waals surface area contributed by atoms with Crippen molar-refractivity contribution < 1.29 is 23.1 Å². The Morgan fingerprint density at radius 1 is 1.39 bits per heavy atom. The van der Waals surface area contributed by atoms with Crippen LogP contribution >= 0.6 is 0 Å². The molecule has 0 aliphatic carbocycles. The highest BCUT2D eigenvalue weighted by atomic mass is 19.4. The third kappa shape index (κ3) is 3.60. The largest absolute Gasteiger partial charge is 0.481 e. The van der Waals surface area contributed by atoms with E-state index >= 15 is 0 Å². The van der Waals surface area contributed by atoms with Crippen LogP contribution in [0.25, 0.3) is 0 Å². The molecule has 0 aromatic carbocycles. The molecule has 1 fully saturated rings. The van der Waals surface area contributed by atoms with Crippen LogP contribution < -0.4 is 0 Å². The maximum Gasteiger partial charge on any atom is 0.393 e. The summed E-state index contributed by atoms with van der Waals surface area (Å²) in [5.74, 6) is -2.15. The minimum absolute atomic E-state index is 0.0803. The number of carboxylic acids is 1. The fraction of sp³-hybridized carbons (Fsp3) is 0.917. The van der Waals surface area contributed by atoms with Gasteiger partial charge in [0.15, 0.2) is 0 Å². The number of nitrogens with zero attached hydrogens (tertiary/aromatic N) is 1. The normalized spacial score (nSPS) is 24.4. The molecule has 0 aromatic rings. The van der Waals surface area contributed by atoms with Crippen LogP contribution in [0.5, 0.6) is 0 Å². The molecule has 0 radical (unpaired) electrons. The van der Waals surface area contributed by atoms with Crippen LogP contribution in [0.15, 0.2) is 0 Å². The number of carboxylic acid groups (broad SMARTS) is 1. The van der Waals surface area contributed by atoms with Crippen molar-refractivity contribution in [2.75, 3.05) is 13.1 Å². The smallest absolute Gasteiger partial charge is 0.393 e. The first-order valence-electron chi connectivity index (χ1n) is 6.19. The van der Waals surface area contributed by atoms with Gasteiger partial charge in [-0.25, -0.2) is 0 Å². The number of hydrogen-bond acceptors (Lipinski definition) is 2. The number of hydrogen-bond donors (Lipinski definition) is 1. The summed E-state index contributed by atoms with van der Waals surface area (Å²) in [6.45, 7) is 4.21. The van der Waals surface area contributed by atoms with Crippen molar-refractivity contribution in [3.05, 3.63) is 0 Å². The van der Waals surface area contributed by atoms with Gasteiger partial charge in [-0.2, -0.15) is 13.2 Å². The first-order chi connectivity index (χ1) is 8.15. The monoisotopic (exact) mass is 267 g/mol. The Hall–Kier alpha value is -0.780. The van der Waals surface area contributed by atoms with Crippen LogP contribution in [0.4, 0.5) is 13.2 Å². The third-order valence-corrected chi connectivity index (χ3v) is 3.82. The van der Waals surface area contributed by atoms with Crippen molar-refractivity contribution in [2.24, 2.45) is 5.92 Å². The summed E-state index contributed by atoms with van der Waals surface area (Å²) < 4.78 is 38.5. The highest BCUT2D eigenvalue weighted by Gasteiger charge is 2.54. The van der Waals surface area contributed by atoms with Crippen molar-refractivity contribution in [2.45, 2.75) is 51.2 Å². The molecule has 1 unspecified atom stereocenters. The fourth-order valence-corrected chi connectivity index (χ4v) is 2.69. The molecule has 1 aliphatic rings. The van der Waals surface area contributed by atoms with E-state index in [-0.39, 0.29) is 12.8 Å². The predicted octanol–water partition coefficient (Wildman–Crippen LogP) is 2.90. The van der Waals surface area contributed by atoms with Crippen molar-refractivity contribution in [1.82, 2.24) is 4.90 Å². The van der Waals surface area contributed by atoms with Gasteiger partial charge in [0, 0.05) is 12.0 Å². The van der Waals surface area contributed by atoms with Gasteiger partial charge in [0.1, 0.15) is 0 Å². The standard InChI is InChI=1S/C12H20F3NO2/c1-11(2)9(12(13,14)15)6-8-16(11)7-4-3-5-10(17)18/h9H,3-8H2,1-2H3,(H,17,18). The number of aliphatic carboxylic acids is 1. The number of likely N-dealkylation sites (tertiary alicyclic amines) is 1. The van der Waals surface area contributed by atoms with E-state index in [2.05, 4.69) is 0 Å². The van der Waals surface area contributed by atoms with Gasteiger partial charge in [-0.3, -0.25) is 9.69 Å². The molecule has 0 aromatic heterocycles. The zero-order chi connectivity index (χ0) is 14.0. The average molecular weight is 267 g/mol. The molecule has 0 saturated carbocycles. The molecule has 1 saturated heterocycles. The summed E-state index contributed by atoms with van der Waals surface area (Å²) in [4.78, 5) is 12.2. The number of unbranched alkanes of at least 4 members (excludes halogenated alkanes) is 1. The molecule has 0 amide bonds. The van der Waals surface area contributed by atoms with Crippen molar-refractivity contribution in [3.63, 3.8) is 0 Å². The second kappa shape index (κ2) is 5.47. The van der Waals surface area contributed by atoms with E-state index in [9.17, 15) is 18.0 Å². The summed E-state index contributed by atoms with van der Waals surface area (Å²) in [5, 5.41) is 8.49. The Morgan fingerprint density at radius 2 is 2.00 bits per heavy atom. The molecule has 3 nitrogen and oxygen atoms in total. The summed E-state index contributed by atoms with van der Waals surface area (Å²) in [5.41, 5.74) is -0.887. The van der Waals surface area contributed by atoms with E-state index in [1.165, 1.54) is 0 Å². The minimum Gasteiger partial charge on any atom is -0.481 e. The van der Waals surface area contributed by atoms with E-state index in [0.717, 1.165) is 0 Å². The highest BCUT2D eigenvalue weighted by molar-refractivity contribution is 5.66. The quantitative estimate of drug-likeness (QED) is 0.779. The van der Waals surface area contributed by atoms with Gasteiger partial charge in [-0.05, 0) is 46.2 Å². The van der Waals surface area contributed by atoms with Crippen LogP contribution in [0.3, 0.4) is 0 Å². The van der Waals surface area contributed by atoms with Crippen LogP contribution in [-0.2, 0) is 4.79 Å². The third-order valence-electron chi connectivity index (χ3n) is 3.82. The van der Waals surface area contributed by atoms with Gasteiger partial charge >= 0.3 is 12.1 Å². The van der Waals surface area contributed by atoms with Crippen molar-refractivity contribution in [3.8, 4) is 0 Å². The molecule has 0 spiro atoms. The summed E-state index contributed by atoms with van der Waals surface area (Å²) in [6, 6.07) is 0. The Kier molecular flexibility index (Phi) is 4.64. The Morgan fingerprint density at radius 3 is 2.44 bits per heavy atom. The molecule has 1 rings (SSSR count). The topological polar surface area (TPSA) is 40.5 Å². The Bertz CT molecular complexity index is 302. The molecule has 1 N–H and O–H groups in total. The van der Waals surface area contributed by atoms with Gasteiger partial charge in [0.2, 0.25) is 0 Å². The summed E-state index contributed by atoms with van der Waals surface area (Å²) >= 11 is 0. The Balaban J connectivity index is 2.47. The van der Waals surface area contributed by atoms with Crippen molar-refractivity contribution >= 4 is 5.97 Å².